The molecule has 6 nitrogen and oxygen atoms in total. The van der Waals surface area contributed by atoms with E-state index in [2.05, 4.69) is 10.1 Å². The lowest BCUT2D eigenvalue weighted by atomic mass is 10.1. The van der Waals surface area contributed by atoms with Gasteiger partial charge < -0.3 is 9.84 Å². The highest BCUT2D eigenvalue weighted by Gasteiger charge is 2.16. The molecule has 8 heteroatoms. The molecule has 0 amide bonds. The minimum absolute atomic E-state index is 0.107. The van der Waals surface area contributed by atoms with Crippen LogP contribution in [0.5, 0.6) is 5.75 Å². The molecule has 4 rings (SSSR count). The van der Waals surface area contributed by atoms with Crippen LogP contribution in [0.2, 0.25) is 10.0 Å². The first-order valence-electron chi connectivity index (χ1n) is 8.19. The number of halogens is 2. The van der Waals surface area contributed by atoms with Crippen molar-refractivity contribution >= 4 is 34.8 Å². The van der Waals surface area contributed by atoms with Gasteiger partial charge >= 0.3 is 5.97 Å². The number of carbonyl (C=O) groups is 1. The quantitative estimate of drug-likeness (QED) is 0.504. The van der Waals surface area contributed by atoms with E-state index in [1.807, 2.05) is 30.3 Å². The van der Waals surface area contributed by atoms with E-state index in [1.165, 1.54) is 10.6 Å². The normalized spacial score (nSPS) is 11.0. The third-order valence-electron chi connectivity index (χ3n) is 4.17. The summed E-state index contributed by atoms with van der Waals surface area (Å²) in [5.74, 6) is -0.449. The number of carboxylic acid groups (broad SMARTS) is 1. The Morgan fingerprint density at radius 3 is 2.46 bits per heavy atom. The molecule has 1 N–H and O–H groups in total. The second-order valence-electron chi connectivity index (χ2n) is 6.02. The summed E-state index contributed by atoms with van der Waals surface area (Å²) < 4.78 is 6.76. The van der Waals surface area contributed by atoms with Crippen LogP contribution in [0.1, 0.15) is 10.5 Å². The maximum atomic E-state index is 11.4. The molecule has 0 radical (unpaired) electrons. The van der Waals surface area contributed by atoms with Crippen molar-refractivity contribution in [3.8, 4) is 28.3 Å². The van der Waals surface area contributed by atoms with E-state index in [0.29, 0.717) is 38.4 Å². The Morgan fingerprint density at radius 2 is 1.79 bits per heavy atom. The fraction of sp³-hybridized carbons (Fsp3) is 0.0500. The van der Waals surface area contributed by atoms with Crippen molar-refractivity contribution in [2.24, 2.45) is 0 Å². The number of fused-ring (bicyclic) bond motifs is 1. The van der Waals surface area contributed by atoms with Crippen molar-refractivity contribution in [1.82, 2.24) is 14.6 Å². The Labute approximate surface area is 169 Å². The summed E-state index contributed by atoms with van der Waals surface area (Å²) in [4.78, 5) is 16.0. The van der Waals surface area contributed by atoms with Gasteiger partial charge in [-0.05, 0) is 36.4 Å². The maximum absolute atomic E-state index is 11.4. The molecule has 28 heavy (non-hydrogen) atoms. The molecule has 140 valence electrons. The number of ether oxygens (including phenoxy) is 1. The monoisotopic (exact) mass is 413 g/mol. The predicted molar refractivity (Wildman–Crippen MR) is 107 cm³/mol. The summed E-state index contributed by atoms with van der Waals surface area (Å²) in [6.45, 7) is 0. The molecule has 0 aliphatic heterocycles. The zero-order valence-corrected chi connectivity index (χ0v) is 16.1. The smallest absolute Gasteiger partial charge is 0.356 e. The highest BCUT2D eigenvalue weighted by Crippen LogP contribution is 2.31. The highest BCUT2D eigenvalue weighted by molar-refractivity contribution is 6.35. The molecule has 0 fully saturated rings. The fourth-order valence-corrected chi connectivity index (χ4v) is 3.44. The Hall–Kier alpha value is -3.09. The van der Waals surface area contributed by atoms with E-state index < -0.39 is 5.97 Å². The van der Waals surface area contributed by atoms with Crippen LogP contribution < -0.4 is 4.74 Å². The summed E-state index contributed by atoms with van der Waals surface area (Å²) in [6, 6.07) is 15.8. The van der Waals surface area contributed by atoms with Crippen molar-refractivity contribution in [2.75, 3.05) is 7.11 Å². The predicted octanol–water partition coefficient (Wildman–Crippen LogP) is 5.08. The zero-order chi connectivity index (χ0) is 19.8. The molecule has 0 aliphatic carbocycles. The summed E-state index contributed by atoms with van der Waals surface area (Å²) in [6.07, 6.45) is 0. The van der Waals surface area contributed by atoms with E-state index in [1.54, 1.807) is 25.3 Å². The van der Waals surface area contributed by atoms with Crippen LogP contribution in [0.3, 0.4) is 0 Å². The topological polar surface area (TPSA) is 76.7 Å². The van der Waals surface area contributed by atoms with E-state index in [-0.39, 0.29) is 5.69 Å². The molecular weight excluding hydrogens is 401 g/mol. The highest BCUT2D eigenvalue weighted by atomic mass is 35.5. The number of nitrogens with zero attached hydrogens (tertiary/aromatic N) is 3. The standard InChI is InChI=1S/C20H13Cl2N3O3/c1-28-15-4-2-3-11(7-15)16-9-18(12-5-13(21)8-14(22)6-12)25-19(23-16)10-17(24-25)20(26)27/h2-10H,1H3,(H,26,27). The number of benzene rings is 2. The van der Waals surface area contributed by atoms with Crippen LogP contribution in [0, 0.1) is 0 Å². The number of aromatic nitrogens is 3. The molecule has 0 bridgehead atoms. The minimum Gasteiger partial charge on any atom is -0.497 e. The summed E-state index contributed by atoms with van der Waals surface area (Å²) in [7, 11) is 1.59. The third-order valence-corrected chi connectivity index (χ3v) is 4.61. The van der Waals surface area contributed by atoms with Crippen molar-refractivity contribution in [2.45, 2.75) is 0 Å². The zero-order valence-electron chi connectivity index (χ0n) is 14.6. The number of rotatable bonds is 4. The first kappa shape index (κ1) is 18.3. The van der Waals surface area contributed by atoms with Crippen LogP contribution >= 0.6 is 23.2 Å². The molecular formula is C20H13Cl2N3O3. The summed E-state index contributed by atoms with van der Waals surface area (Å²) in [5, 5.41) is 14.4. The van der Waals surface area contributed by atoms with Crippen LogP contribution in [-0.4, -0.2) is 32.8 Å². The molecule has 4 aromatic rings. The van der Waals surface area contributed by atoms with Crippen molar-refractivity contribution < 1.29 is 14.6 Å². The van der Waals surface area contributed by atoms with Gasteiger partial charge in [-0.15, -0.1) is 0 Å². The van der Waals surface area contributed by atoms with Gasteiger partial charge in [0.2, 0.25) is 0 Å². The van der Waals surface area contributed by atoms with Crippen LogP contribution in [0.15, 0.2) is 54.6 Å². The van der Waals surface area contributed by atoms with Crippen molar-refractivity contribution in [1.29, 1.82) is 0 Å². The lowest BCUT2D eigenvalue weighted by Gasteiger charge is -2.10. The number of methoxy groups -OCH3 is 1. The minimum atomic E-state index is -1.14. The van der Waals surface area contributed by atoms with Crippen molar-refractivity contribution in [3.63, 3.8) is 0 Å². The van der Waals surface area contributed by atoms with Crippen molar-refractivity contribution in [3.05, 3.63) is 70.3 Å². The lowest BCUT2D eigenvalue weighted by molar-refractivity contribution is 0.0690. The van der Waals surface area contributed by atoms with Gasteiger partial charge in [0.1, 0.15) is 5.75 Å². The summed E-state index contributed by atoms with van der Waals surface area (Å²) >= 11 is 12.3. The number of hydrogen-bond donors (Lipinski definition) is 1. The number of aromatic carboxylic acids is 1. The largest absolute Gasteiger partial charge is 0.497 e. The summed E-state index contributed by atoms with van der Waals surface area (Å²) in [5.41, 5.74) is 3.03. The lowest BCUT2D eigenvalue weighted by Crippen LogP contribution is -2.01. The van der Waals surface area contributed by atoms with E-state index in [0.717, 1.165) is 5.56 Å². The van der Waals surface area contributed by atoms with Gasteiger partial charge in [-0.1, -0.05) is 35.3 Å². The van der Waals surface area contributed by atoms with Gasteiger partial charge in [0.15, 0.2) is 11.3 Å². The first-order valence-corrected chi connectivity index (χ1v) is 8.95. The second kappa shape index (κ2) is 7.14. The van der Waals surface area contributed by atoms with Gasteiger partial charge in [0.25, 0.3) is 0 Å². The number of hydrogen-bond acceptors (Lipinski definition) is 4. The number of carboxylic acids is 1. The second-order valence-corrected chi connectivity index (χ2v) is 6.89. The Morgan fingerprint density at radius 1 is 1.04 bits per heavy atom. The van der Waals surface area contributed by atoms with Gasteiger partial charge in [0.05, 0.1) is 18.5 Å². The maximum Gasteiger partial charge on any atom is 0.356 e. The van der Waals surface area contributed by atoms with Gasteiger partial charge in [-0.25, -0.2) is 14.3 Å². The Balaban J connectivity index is 2.01. The molecule has 0 aliphatic rings. The average molecular weight is 414 g/mol. The van der Waals surface area contributed by atoms with Crippen LogP contribution in [0.25, 0.3) is 28.2 Å². The van der Waals surface area contributed by atoms with E-state index in [4.69, 9.17) is 27.9 Å². The van der Waals surface area contributed by atoms with Crippen LogP contribution in [0.4, 0.5) is 0 Å². The molecule has 2 aromatic heterocycles. The average Bonchev–Trinajstić information content (AvgIpc) is 3.11. The molecule has 0 unspecified atom stereocenters. The first-order chi connectivity index (χ1) is 13.4. The fourth-order valence-electron chi connectivity index (χ4n) is 2.92. The molecule has 0 atom stereocenters. The molecule has 0 spiro atoms. The van der Waals surface area contributed by atoms with Crippen LogP contribution in [-0.2, 0) is 0 Å². The Kier molecular flexibility index (Phi) is 4.66. The SMILES string of the molecule is COc1cccc(-c2cc(-c3cc(Cl)cc(Cl)c3)n3nc(C(=O)O)cc3n2)c1. The Bertz CT molecular complexity index is 1200. The third kappa shape index (κ3) is 3.40. The van der Waals surface area contributed by atoms with E-state index in [9.17, 15) is 9.90 Å². The van der Waals surface area contributed by atoms with Gasteiger partial charge in [0, 0.05) is 27.2 Å². The molecule has 2 aromatic carbocycles. The van der Waals surface area contributed by atoms with Gasteiger partial charge in [-0.3, -0.25) is 0 Å². The van der Waals surface area contributed by atoms with Gasteiger partial charge in [-0.2, -0.15) is 5.10 Å². The molecule has 0 saturated heterocycles. The molecule has 0 saturated carbocycles. The van der Waals surface area contributed by atoms with E-state index >= 15 is 0 Å². The molecule has 2 heterocycles.